The third-order valence-electron chi connectivity index (χ3n) is 2.79. The van der Waals surface area contributed by atoms with Crippen LogP contribution in [0.4, 0.5) is 0 Å². The monoisotopic (exact) mass is 258 g/mol. The lowest BCUT2D eigenvalue weighted by molar-refractivity contribution is -0.148. The Morgan fingerprint density at radius 2 is 2.12 bits per heavy atom. The van der Waals surface area contributed by atoms with E-state index in [9.17, 15) is 9.59 Å². The Balaban J connectivity index is 2.83. The molecule has 1 rings (SSSR count). The lowest BCUT2D eigenvalue weighted by Crippen LogP contribution is -2.62. The number of carbonyl (C=O) groups excluding carboxylic acids is 2. The molecule has 0 aliphatic carbocycles. The van der Waals surface area contributed by atoms with Gasteiger partial charge in [0.15, 0.2) is 0 Å². The SMILES string of the molecule is C=C(Cl)CN1C(=O)C(CC(C)C)NC(=O)C1C. The molecule has 2 atom stereocenters. The summed E-state index contributed by atoms with van der Waals surface area (Å²) in [4.78, 5) is 25.4. The van der Waals surface area contributed by atoms with Crippen molar-refractivity contribution in [3.05, 3.63) is 11.6 Å². The average Bonchev–Trinajstić information content (AvgIpc) is 2.20. The summed E-state index contributed by atoms with van der Waals surface area (Å²) in [5.41, 5.74) is 0. The van der Waals surface area contributed by atoms with Crippen LogP contribution < -0.4 is 5.32 Å². The van der Waals surface area contributed by atoms with Gasteiger partial charge < -0.3 is 10.2 Å². The predicted octanol–water partition coefficient (Wildman–Crippen LogP) is 1.50. The minimum absolute atomic E-state index is 0.0763. The van der Waals surface area contributed by atoms with Gasteiger partial charge in [-0.2, -0.15) is 0 Å². The van der Waals surface area contributed by atoms with Gasteiger partial charge in [-0.25, -0.2) is 0 Å². The maximum absolute atomic E-state index is 12.2. The number of hydrogen-bond acceptors (Lipinski definition) is 2. The summed E-state index contributed by atoms with van der Waals surface area (Å²) in [5.74, 6) is 0.138. The Morgan fingerprint density at radius 1 is 1.53 bits per heavy atom. The first-order valence-electron chi connectivity index (χ1n) is 5.77. The fraction of sp³-hybridized carbons (Fsp3) is 0.667. The van der Waals surface area contributed by atoms with E-state index < -0.39 is 12.1 Å². The summed E-state index contributed by atoms with van der Waals surface area (Å²) in [5, 5.41) is 3.11. The summed E-state index contributed by atoms with van der Waals surface area (Å²) < 4.78 is 0. The quantitative estimate of drug-likeness (QED) is 0.831. The minimum Gasteiger partial charge on any atom is -0.343 e. The fourth-order valence-electron chi connectivity index (χ4n) is 1.92. The number of halogens is 1. The summed E-state index contributed by atoms with van der Waals surface area (Å²) in [7, 11) is 0. The maximum Gasteiger partial charge on any atom is 0.246 e. The molecule has 2 amide bonds. The van der Waals surface area contributed by atoms with Crippen molar-refractivity contribution in [1.82, 2.24) is 10.2 Å². The van der Waals surface area contributed by atoms with Crippen LogP contribution in [0.1, 0.15) is 27.2 Å². The maximum atomic E-state index is 12.2. The number of carbonyl (C=O) groups is 2. The molecule has 1 aliphatic rings. The van der Waals surface area contributed by atoms with Gasteiger partial charge in [0, 0.05) is 5.03 Å². The second kappa shape index (κ2) is 5.54. The van der Waals surface area contributed by atoms with E-state index in [1.165, 1.54) is 4.90 Å². The van der Waals surface area contributed by atoms with Crippen LogP contribution >= 0.6 is 11.6 Å². The topological polar surface area (TPSA) is 49.4 Å². The van der Waals surface area contributed by atoms with Crippen molar-refractivity contribution in [3.8, 4) is 0 Å². The van der Waals surface area contributed by atoms with E-state index in [4.69, 9.17) is 11.6 Å². The molecule has 2 unspecified atom stereocenters. The van der Waals surface area contributed by atoms with Gasteiger partial charge in [0.2, 0.25) is 11.8 Å². The van der Waals surface area contributed by atoms with E-state index in [-0.39, 0.29) is 18.4 Å². The zero-order chi connectivity index (χ0) is 13.2. The highest BCUT2D eigenvalue weighted by atomic mass is 35.5. The lowest BCUT2D eigenvalue weighted by Gasteiger charge is -2.37. The minimum atomic E-state index is -0.485. The Bertz CT molecular complexity index is 341. The molecule has 1 heterocycles. The first-order valence-corrected chi connectivity index (χ1v) is 6.14. The Labute approximate surface area is 107 Å². The third kappa shape index (κ3) is 3.46. The van der Waals surface area contributed by atoms with Gasteiger partial charge in [0.1, 0.15) is 12.1 Å². The van der Waals surface area contributed by atoms with Crippen molar-refractivity contribution in [1.29, 1.82) is 0 Å². The van der Waals surface area contributed by atoms with Crippen LogP contribution in [0.3, 0.4) is 0 Å². The molecule has 0 spiro atoms. The van der Waals surface area contributed by atoms with Gasteiger partial charge in [-0.1, -0.05) is 32.0 Å². The Morgan fingerprint density at radius 3 is 2.59 bits per heavy atom. The number of hydrogen-bond donors (Lipinski definition) is 1. The molecule has 0 bridgehead atoms. The highest BCUT2D eigenvalue weighted by Crippen LogP contribution is 2.17. The molecule has 96 valence electrons. The molecule has 4 nitrogen and oxygen atoms in total. The summed E-state index contributed by atoms with van der Waals surface area (Å²) >= 11 is 5.72. The van der Waals surface area contributed by atoms with Crippen LogP contribution in [-0.4, -0.2) is 35.3 Å². The van der Waals surface area contributed by atoms with E-state index in [1.807, 2.05) is 13.8 Å². The molecule has 0 radical (unpaired) electrons. The first kappa shape index (κ1) is 14.0. The second-order valence-corrected chi connectivity index (χ2v) is 5.38. The highest BCUT2D eigenvalue weighted by molar-refractivity contribution is 6.29. The summed E-state index contributed by atoms with van der Waals surface area (Å²) in [6.45, 7) is 9.52. The zero-order valence-electron chi connectivity index (χ0n) is 10.5. The molecule has 0 aromatic carbocycles. The Kier molecular flexibility index (Phi) is 4.57. The van der Waals surface area contributed by atoms with E-state index in [0.717, 1.165) is 0 Å². The zero-order valence-corrected chi connectivity index (χ0v) is 11.3. The van der Waals surface area contributed by atoms with Crippen LogP contribution in [0.2, 0.25) is 0 Å². The first-order chi connectivity index (χ1) is 7.82. The molecule has 1 N–H and O–H groups in total. The normalized spacial score (nSPS) is 25.1. The number of rotatable bonds is 4. The van der Waals surface area contributed by atoms with E-state index >= 15 is 0 Å². The molecule has 0 saturated carbocycles. The lowest BCUT2D eigenvalue weighted by atomic mass is 9.99. The number of piperazine rings is 1. The standard InChI is InChI=1S/C12H19ClN2O2/c1-7(2)5-10-12(17)15(6-8(3)13)9(4)11(16)14-10/h7,9-10H,3,5-6H2,1-2,4H3,(H,14,16). The molecule has 1 aliphatic heterocycles. The fourth-order valence-corrected chi connectivity index (χ4v) is 2.05. The van der Waals surface area contributed by atoms with Crippen LogP contribution in [0.25, 0.3) is 0 Å². The largest absolute Gasteiger partial charge is 0.343 e. The van der Waals surface area contributed by atoms with Crippen LogP contribution in [-0.2, 0) is 9.59 Å². The van der Waals surface area contributed by atoms with E-state index in [2.05, 4.69) is 11.9 Å². The smallest absolute Gasteiger partial charge is 0.246 e. The van der Waals surface area contributed by atoms with E-state index in [0.29, 0.717) is 17.4 Å². The molecule has 1 saturated heterocycles. The van der Waals surface area contributed by atoms with Crippen molar-refractivity contribution in [3.63, 3.8) is 0 Å². The molecule has 0 aromatic heterocycles. The van der Waals surface area contributed by atoms with Gasteiger partial charge >= 0.3 is 0 Å². The van der Waals surface area contributed by atoms with Crippen molar-refractivity contribution >= 4 is 23.4 Å². The predicted molar refractivity (Wildman–Crippen MR) is 67.6 cm³/mol. The highest BCUT2D eigenvalue weighted by Gasteiger charge is 2.37. The molecule has 0 aromatic rings. The average molecular weight is 259 g/mol. The summed E-state index contributed by atoms with van der Waals surface area (Å²) in [6.07, 6.45) is 0.641. The van der Waals surface area contributed by atoms with Gasteiger partial charge in [0.05, 0.1) is 6.54 Å². The van der Waals surface area contributed by atoms with Crippen LogP contribution in [0.15, 0.2) is 11.6 Å². The van der Waals surface area contributed by atoms with Gasteiger partial charge in [-0.15, -0.1) is 0 Å². The van der Waals surface area contributed by atoms with Crippen molar-refractivity contribution in [2.24, 2.45) is 5.92 Å². The van der Waals surface area contributed by atoms with Crippen molar-refractivity contribution in [2.45, 2.75) is 39.3 Å². The van der Waals surface area contributed by atoms with Gasteiger partial charge in [-0.3, -0.25) is 9.59 Å². The number of nitrogens with zero attached hydrogens (tertiary/aromatic N) is 1. The molecular weight excluding hydrogens is 240 g/mol. The van der Waals surface area contributed by atoms with Crippen LogP contribution in [0.5, 0.6) is 0 Å². The molecule has 5 heteroatoms. The van der Waals surface area contributed by atoms with Crippen molar-refractivity contribution < 1.29 is 9.59 Å². The van der Waals surface area contributed by atoms with Crippen molar-refractivity contribution in [2.75, 3.05) is 6.54 Å². The Hall–Kier alpha value is -1.03. The molecular formula is C12H19ClN2O2. The molecule has 17 heavy (non-hydrogen) atoms. The number of nitrogens with one attached hydrogen (secondary N) is 1. The van der Waals surface area contributed by atoms with Gasteiger partial charge in [0.25, 0.3) is 0 Å². The number of amides is 2. The van der Waals surface area contributed by atoms with Crippen LogP contribution in [0, 0.1) is 5.92 Å². The van der Waals surface area contributed by atoms with Gasteiger partial charge in [-0.05, 0) is 19.3 Å². The second-order valence-electron chi connectivity index (χ2n) is 4.85. The molecule has 1 fully saturated rings. The van der Waals surface area contributed by atoms with E-state index in [1.54, 1.807) is 6.92 Å². The summed E-state index contributed by atoms with van der Waals surface area (Å²) in [6, 6.07) is -0.920. The third-order valence-corrected chi connectivity index (χ3v) is 2.91.